The maximum absolute atomic E-state index is 5.70. The predicted octanol–water partition coefficient (Wildman–Crippen LogP) is 3.12. The summed E-state index contributed by atoms with van der Waals surface area (Å²) in [7, 11) is 1.71. The van der Waals surface area contributed by atoms with Gasteiger partial charge in [-0.15, -0.1) is 11.8 Å². The Kier molecular flexibility index (Phi) is 9.89. The molecule has 6 heteroatoms. The number of nitrogens with one attached hydrogen (secondary N) is 1. The summed E-state index contributed by atoms with van der Waals surface area (Å²) in [6, 6.07) is 10.5. The highest BCUT2D eigenvalue weighted by molar-refractivity contribution is 8.00. The van der Waals surface area contributed by atoms with Crippen LogP contribution in [0.5, 0.6) is 0 Å². The van der Waals surface area contributed by atoms with Crippen molar-refractivity contribution in [3.8, 4) is 0 Å². The molecule has 1 aromatic carbocycles. The molecule has 0 amide bonds. The van der Waals surface area contributed by atoms with Crippen molar-refractivity contribution in [1.82, 2.24) is 10.2 Å². The highest BCUT2D eigenvalue weighted by Gasteiger charge is 2.25. The van der Waals surface area contributed by atoms with Gasteiger partial charge < -0.3 is 19.7 Å². The van der Waals surface area contributed by atoms with Gasteiger partial charge in [0.1, 0.15) is 0 Å². The van der Waals surface area contributed by atoms with Gasteiger partial charge in [-0.05, 0) is 25.5 Å². The maximum atomic E-state index is 5.70. The number of hydrogen-bond acceptors (Lipinski definition) is 4. The molecular weight excluding hydrogens is 346 g/mol. The SMILES string of the molecule is CCNC(=NCC(C)Sc1ccccc1)N1CCC(COCCOC)C1. The topological polar surface area (TPSA) is 46.1 Å². The van der Waals surface area contributed by atoms with E-state index in [-0.39, 0.29) is 0 Å². The highest BCUT2D eigenvalue weighted by atomic mass is 32.2. The lowest BCUT2D eigenvalue weighted by atomic mass is 10.1. The fourth-order valence-corrected chi connectivity index (χ4v) is 3.89. The van der Waals surface area contributed by atoms with Crippen LogP contribution in [0.3, 0.4) is 0 Å². The molecule has 0 aliphatic carbocycles. The lowest BCUT2D eigenvalue weighted by Crippen LogP contribution is -2.40. The molecule has 1 saturated heterocycles. The minimum absolute atomic E-state index is 0.446. The van der Waals surface area contributed by atoms with Crippen LogP contribution in [0.15, 0.2) is 40.2 Å². The first-order chi connectivity index (χ1) is 12.7. The summed E-state index contributed by atoms with van der Waals surface area (Å²) in [6.45, 7) is 10.3. The van der Waals surface area contributed by atoms with Crippen LogP contribution in [0.4, 0.5) is 0 Å². The van der Waals surface area contributed by atoms with E-state index in [0.29, 0.717) is 24.4 Å². The number of nitrogens with zero attached hydrogens (tertiary/aromatic N) is 2. The number of methoxy groups -OCH3 is 1. The lowest BCUT2D eigenvalue weighted by molar-refractivity contribution is 0.0536. The van der Waals surface area contributed by atoms with E-state index < -0.39 is 0 Å². The standard InChI is InChI=1S/C20H33N3O2S/c1-4-21-20(22-14-17(2)26-19-8-6-5-7-9-19)23-11-10-18(15-23)16-25-13-12-24-3/h5-9,17-18H,4,10-16H2,1-3H3,(H,21,22). The van der Waals surface area contributed by atoms with Crippen molar-refractivity contribution >= 4 is 17.7 Å². The van der Waals surface area contributed by atoms with Gasteiger partial charge in [0.05, 0.1) is 26.4 Å². The molecule has 146 valence electrons. The number of hydrogen-bond donors (Lipinski definition) is 1. The van der Waals surface area contributed by atoms with Crippen LogP contribution in [0.2, 0.25) is 0 Å². The number of rotatable bonds is 10. The number of thioether (sulfide) groups is 1. The Morgan fingerprint density at radius 2 is 2.15 bits per heavy atom. The molecule has 0 aromatic heterocycles. The molecule has 1 N–H and O–H groups in total. The van der Waals surface area contributed by atoms with Crippen LogP contribution in [-0.2, 0) is 9.47 Å². The Balaban J connectivity index is 1.80. The zero-order valence-corrected chi connectivity index (χ0v) is 17.1. The van der Waals surface area contributed by atoms with E-state index in [4.69, 9.17) is 14.5 Å². The first kappa shape index (κ1) is 21.1. The second-order valence-corrected chi connectivity index (χ2v) is 8.12. The van der Waals surface area contributed by atoms with Crippen LogP contribution >= 0.6 is 11.8 Å². The smallest absolute Gasteiger partial charge is 0.193 e. The van der Waals surface area contributed by atoms with E-state index in [9.17, 15) is 0 Å². The quantitative estimate of drug-likeness (QED) is 0.293. The van der Waals surface area contributed by atoms with Crippen LogP contribution < -0.4 is 5.32 Å². The number of benzene rings is 1. The van der Waals surface area contributed by atoms with Gasteiger partial charge in [0, 0.05) is 42.8 Å². The van der Waals surface area contributed by atoms with E-state index in [1.54, 1.807) is 7.11 Å². The third-order valence-electron chi connectivity index (χ3n) is 4.28. The molecule has 0 radical (unpaired) electrons. The average Bonchev–Trinajstić information content (AvgIpc) is 3.12. The summed E-state index contributed by atoms with van der Waals surface area (Å²) >= 11 is 1.88. The summed E-state index contributed by atoms with van der Waals surface area (Å²) in [4.78, 5) is 8.55. The Hall–Kier alpha value is -1.24. The predicted molar refractivity (Wildman–Crippen MR) is 110 cm³/mol. The van der Waals surface area contributed by atoms with Crippen LogP contribution in [0.1, 0.15) is 20.3 Å². The van der Waals surface area contributed by atoms with E-state index in [1.165, 1.54) is 4.90 Å². The van der Waals surface area contributed by atoms with Crippen molar-refractivity contribution in [1.29, 1.82) is 0 Å². The van der Waals surface area contributed by atoms with E-state index in [2.05, 4.69) is 54.4 Å². The van der Waals surface area contributed by atoms with E-state index in [0.717, 1.165) is 45.2 Å². The highest BCUT2D eigenvalue weighted by Crippen LogP contribution is 2.23. The molecule has 0 spiro atoms. The molecule has 1 aliphatic heterocycles. The molecule has 2 atom stereocenters. The number of ether oxygens (including phenoxy) is 2. The van der Waals surface area contributed by atoms with Gasteiger partial charge in [-0.2, -0.15) is 0 Å². The van der Waals surface area contributed by atoms with Crippen LogP contribution in [-0.4, -0.2) is 69.2 Å². The third-order valence-corrected chi connectivity index (χ3v) is 5.38. The van der Waals surface area contributed by atoms with Gasteiger partial charge in [0.25, 0.3) is 0 Å². The molecule has 26 heavy (non-hydrogen) atoms. The van der Waals surface area contributed by atoms with Gasteiger partial charge in [-0.25, -0.2) is 0 Å². The monoisotopic (exact) mass is 379 g/mol. The van der Waals surface area contributed by atoms with Crippen molar-refractivity contribution in [3.63, 3.8) is 0 Å². The zero-order chi connectivity index (χ0) is 18.6. The van der Waals surface area contributed by atoms with Crippen molar-refractivity contribution in [2.75, 3.05) is 53.1 Å². The average molecular weight is 380 g/mol. The minimum atomic E-state index is 0.446. The maximum Gasteiger partial charge on any atom is 0.193 e. The molecule has 1 heterocycles. The number of aliphatic imine (C=N–C) groups is 1. The number of guanidine groups is 1. The van der Waals surface area contributed by atoms with Gasteiger partial charge in [-0.1, -0.05) is 25.1 Å². The van der Waals surface area contributed by atoms with Crippen molar-refractivity contribution in [2.45, 2.75) is 30.4 Å². The Morgan fingerprint density at radius 3 is 2.88 bits per heavy atom. The summed E-state index contributed by atoms with van der Waals surface area (Å²) < 4.78 is 10.7. The molecule has 2 rings (SSSR count). The second kappa shape index (κ2) is 12.2. The van der Waals surface area contributed by atoms with Crippen molar-refractivity contribution < 1.29 is 9.47 Å². The fourth-order valence-electron chi connectivity index (χ4n) is 2.96. The van der Waals surface area contributed by atoms with E-state index >= 15 is 0 Å². The van der Waals surface area contributed by atoms with Gasteiger partial charge in [0.2, 0.25) is 0 Å². The summed E-state index contributed by atoms with van der Waals surface area (Å²) in [5, 5.41) is 3.89. The van der Waals surface area contributed by atoms with Crippen LogP contribution in [0.25, 0.3) is 0 Å². The normalized spacial score (nSPS) is 19.0. The Morgan fingerprint density at radius 1 is 1.35 bits per heavy atom. The molecule has 2 unspecified atom stereocenters. The first-order valence-electron chi connectivity index (χ1n) is 9.54. The van der Waals surface area contributed by atoms with Gasteiger partial charge >= 0.3 is 0 Å². The Bertz CT molecular complexity index is 527. The fraction of sp³-hybridized carbons (Fsp3) is 0.650. The first-order valence-corrected chi connectivity index (χ1v) is 10.4. The van der Waals surface area contributed by atoms with Gasteiger partial charge in [0.15, 0.2) is 5.96 Å². The van der Waals surface area contributed by atoms with E-state index in [1.807, 2.05) is 11.8 Å². The molecule has 1 aromatic rings. The molecule has 0 bridgehead atoms. The second-order valence-electron chi connectivity index (χ2n) is 6.60. The Labute approximate surface area is 162 Å². The molecular formula is C20H33N3O2S. The minimum Gasteiger partial charge on any atom is -0.382 e. The molecule has 1 aliphatic rings. The molecule has 1 fully saturated rings. The summed E-state index contributed by atoms with van der Waals surface area (Å²) in [5.74, 6) is 1.61. The zero-order valence-electron chi connectivity index (χ0n) is 16.3. The lowest BCUT2D eigenvalue weighted by Gasteiger charge is -2.22. The number of likely N-dealkylation sites (tertiary alicyclic amines) is 1. The summed E-state index contributed by atoms with van der Waals surface area (Å²) in [5.41, 5.74) is 0. The van der Waals surface area contributed by atoms with Crippen molar-refractivity contribution in [2.24, 2.45) is 10.9 Å². The third kappa shape index (κ3) is 7.56. The van der Waals surface area contributed by atoms with Crippen LogP contribution in [0, 0.1) is 5.92 Å². The van der Waals surface area contributed by atoms with Gasteiger partial charge in [-0.3, -0.25) is 4.99 Å². The van der Waals surface area contributed by atoms with Crippen molar-refractivity contribution in [3.05, 3.63) is 30.3 Å². The summed E-state index contributed by atoms with van der Waals surface area (Å²) in [6.07, 6.45) is 1.16. The molecule has 5 nitrogen and oxygen atoms in total. The molecule has 0 saturated carbocycles. The largest absolute Gasteiger partial charge is 0.382 e.